The van der Waals surface area contributed by atoms with Crippen LogP contribution in [0.3, 0.4) is 0 Å². The molecule has 1 N–H and O–H groups in total. The molecular weight excluding hydrogens is 214 g/mol. The van der Waals surface area contributed by atoms with E-state index < -0.39 is 0 Å². The summed E-state index contributed by atoms with van der Waals surface area (Å²) in [6, 6.07) is 7.51. The lowest BCUT2D eigenvalue weighted by atomic mass is 10.1. The van der Waals surface area contributed by atoms with Gasteiger partial charge in [-0.15, -0.1) is 0 Å². The predicted molar refractivity (Wildman–Crippen MR) is 73.1 cm³/mol. The van der Waals surface area contributed by atoms with E-state index in [0.29, 0.717) is 0 Å². The Balaban J connectivity index is 1.86. The lowest BCUT2D eigenvalue weighted by Gasteiger charge is -2.22. The van der Waals surface area contributed by atoms with Gasteiger partial charge >= 0.3 is 0 Å². The van der Waals surface area contributed by atoms with Gasteiger partial charge in [-0.3, -0.25) is 0 Å². The van der Waals surface area contributed by atoms with Crippen LogP contribution in [0.25, 0.3) is 0 Å². The van der Waals surface area contributed by atoms with Crippen molar-refractivity contribution in [3.05, 3.63) is 34.9 Å². The van der Waals surface area contributed by atoms with Crippen molar-refractivity contribution in [3.63, 3.8) is 0 Å². The summed E-state index contributed by atoms with van der Waals surface area (Å²) in [4.78, 5) is 0. The molecule has 0 radical (unpaired) electrons. The number of aryl methyl sites for hydroxylation is 2. The molecule has 0 unspecified atom stereocenters. The van der Waals surface area contributed by atoms with E-state index in [9.17, 15) is 0 Å². The molecule has 0 atom stereocenters. The first-order chi connectivity index (χ1) is 7.75. The molecule has 1 saturated heterocycles. The number of benzene rings is 1. The summed E-state index contributed by atoms with van der Waals surface area (Å²) in [6.45, 7) is 5.39. The van der Waals surface area contributed by atoms with Crippen LogP contribution in [0.5, 0.6) is 0 Å². The third kappa shape index (κ3) is 3.26. The minimum absolute atomic E-state index is 0.739. The Morgan fingerprint density at radius 1 is 1.19 bits per heavy atom. The summed E-state index contributed by atoms with van der Waals surface area (Å²) in [7, 11) is 0. The second-order valence-corrected chi connectivity index (χ2v) is 5.91. The van der Waals surface area contributed by atoms with Gasteiger partial charge in [-0.05, 0) is 54.9 Å². The topological polar surface area (TPSA) is 12.0 Å². The first kappa shape index (κ1) is 12.0. The van der Waals surface area contributed by atoms with Crippen LogP contribution in [-0.4, -0.2) is 17.5 Å². The smallest absolute Gasteiger partial charge is 0.0208 e. The van der Waals surface area contributed by atoms with Crippen LogP contribution < -0.4 is 5.32 Å². The van der Waals surface area contributed by atoms with Gasteiger partial charge in [0, 0.05) is 12.6 Å². The first-order valence-corrected chi connectivity index (χ1v) is 7.28. The zero-order chi connectivity index (χ0) is 11.4. The van der Waals surface area contributed by atoms with Crippen LogP contribution in [0.2, 0.25) is 0 Å². The number of rotatable bonds is 3. The van der Waals surface area contributed by atoms with Crippen molar-refractivity contribution in [2.75, 3.05) is 11.5 Å². The minimum Gasteiger partial charge on any atom is -0.310 e. The van der Waals surface area contributed by atoms with Crippen LogP contribution in [-0.2, 0) is 6.54 Å². The fourth-order valence-electron chi connectivity index (χ4n) is 2.08. The molecule has 1 heterocycles. The molecule has 1 aliphatic heterocycles. The Hall–Kier alpha value is -0.470. The third-order valence-electron chi connectivity index (χ3n) is 3.39. The van der Waals surface area contributed by atoms with Crippen LogP contribution in [0.4, 0.5) is 0 Å². The quantitative estimate of drug-likeness (QED) is 0.863. The summed E-state index contributed by atoms with van der Waals surface area (Å²) >= 11 is 2.08. The van der Waals surface area contributed by atoms with Gasteiger partial charge in [0.2, 0.25) is 0 Å². The van der Waals surface area contributed by atoms with Gasteiger partial charge in [-0.2, -0.15) is 11.8 Å². The molecule has 0 aliphatic carbocycles. The van der Waals surface area contributed by atoms with E-state index in [1.54, 1.807) is 0 Å². The van der Waals surface area contributed by atoms with E-state index in [0.717, 1.165) is 12.6 Å². The zero-order valence-corrected chi connectivity index (χ0v) is 11.1. The fraction of sp³-hybridized carbons (Fsp3) is 0.571. The number of nitrogens with one attached hydrogen (secondary N) is 1. The van der Waals surface area contributed by atoms with E-state index in [1.165, 1.54) is 41.0 Å². The summed E-state index contributed by atoms with van der Waals surface area (Å²) in [5, 5.41) is 3.67. The normalized spacial score (nSPS) is 17.6. The van der Waals surface area contributed by atoms with Crippen molar-refractivity contribution in [2.24, 2.45) is 0 Å². The molecule has 0 aromatic heterocycles. The van der Waals surface area contributed by atoms with Crippen molar-refractivity contribution in [1.29, 1.82) is 0 Å². The lowest BCUT2D eigenvalue weighted by Crippen LogP contribution is -2.32. The Kier molecular flexibility index (Phi) is 4.30. The van der Waals surface area contributed by atoms with Crippen LogP contribution in [0.15, 0.2) is 18.2 Å². The Morgan fingerprint density at radius 3 is 2.62 bits per heavy atom. The number of hydrogen-bond acceptors (Lipinski definition) is 2. The van der Waals surface area contributed by atoms with E-state index in [1.807, 2.05) is 0 Å². The van der Waals surface area contributed by atoms with Gasteiger partial charge in [-0.1, -0.05) is 18.2 Å². The molecule has 2 heteroatoms. The SMILES string of the molecule is Cc1ccc(CNC2CCSCC2)cc1C. The highest BCUT2D eigenvalue weighted by Gasteiger charge is 2.12. The molecule has 0 saturated carbocycles. The average molecular weight is 235 g/mol. The Morgan fingerprint density at radius 2 is 1.94 bits per heavy atom. The third-order valence-corrected chi connectivity index (χ3v) is 4.44. The molecule has 16 heavy (non-hydrogen) atoms. The standard InChI is InChI=1S/C14H21NS/c1-11-3-4-13(9-12(11)2)10-15-14-5-7-16-8-6-14/h3-4,9,14-15H,5-8,10H2,1-2H3. The van der Waals surface area contributed by atoms with Crippen molar-refractivity contribution in [2.45, 2.75) is 39.3 Å². The predicted octanol–water partition coefficient (Wildman–Crippen LogP) is 3.29. The average Bonchev–Trinajstić information content (AvgIpc) is 2.32. The highest BCUT2D eigenvalue weighted by Crippen LogP contribution is 2.17. The van der Waals surface area contributed by atoms with Crippen molar-refractivity contribution >= 4 is 11.8 Å². The zero-order valence-electron chi connectivity index (χ0n) is 10.3. The molecule has 1 nitrogen and oxygen atoms in total. The van der Waals surface area contributed by atoms with Crippen molar-refractivity contribution in [3.8, 4) is 0 Å². The van der Waals surface area contributed by atoms with E-state index in [2.05, 4.69) is 49.1 Å². The molecule has 0 amide bonds. The number of hydrogen-bond donors (Lipinski definition) is 1. The maximum atomic E-state index is 3.67. The molecule has 0 spiro atoms. The van der Waals surface area contributed by atoms with Crippen LogP contribution >= 0.6 is 11.8 Å². The van der Waals surface area contributed by atoms with Crippen molar-refractivity contribution in [1.82, 2.24) is 5.32 Å². The summed E-state index contributed by atoms with van der Waals surface area (Å²) in [6.07, 6.45) is 2.66. The maximum Gasteiger partial charge on any atom is 0.0208 e. The second-order valence-electron chi connectivity index (χ2n) is 4.69. The van der Waals surface area contributed by atoms with Crippen LogP contribution in [0, 0.1) is 13.8 Å². The summed E-state index contributed by atoms with van der Waals surface area (Å²) < 4.78 is 0. The fourth-order valence-corrected chi connectivity index (χ4v) is 3.18. The van der Waals surface area contributed by atoms with Gasteiger partial charge in [0.05, 0.1) is 0 Å². The van der Waals surface area contributed by atoms with Gasteiger partial charge in [0.1, 0.15) is 0 Å². The van der Waals surface area contributed by atoms with Gasteiger partial charge < -0.3 is 5.32 Å². The summed E-state index contributed by atoms with van der Waals surface area (Å²) in [5.74, 6) is 2.65. The van der Waals surface area contributed by atoms with E-state index in [4.69, 9.17) is 0 Å². The highest BCUT2D eigenvalue weighted by atomic mass is 32.2. The molecule has 1 aromatic carbocycles. The van der Waals surface area contributed by atoms with Crippen molar-refractivity contribution < 1.29 is 0 Å². The minimum atomic E-state index is 0.739. The molecule has 0 bridgehead atoms. The second kappa shape index (κ2) is 5.74. The van der Waals surface area contributed by atoms with Gasteiger partial charge in [0.15, 0.2) is 0 Å². The maximum absolute atomic E-state index is 3.67. The molecule has 1 aliphatic rings. The summed E-state index contributed by atoms with van der Waals surface area (Å²) in [5.41, 5.74) is 4.21. The largest absolute Gasteiger partial charge is 0.310 e. The Bertz CT molecular complexity index is 343. The first-order valence-electron chi connectivity index (χ1n) is 6.13. The molecule has 1 aromatic rings. The lowest BCUT2D eigenvalue weighted by molar-refractivity contribution is 0.482. The Labute approximate surface area is 103 Å². The van der Waals surface area contributed by atoms with Crippen LogP contribution in [0.1, 0.15) is 29.5 Å². The number of thioether (sulfide) groups is 1. The molecule has 88 valence electrons. The monoisotopic (exact) mass is 235 g/mol. The molecular formula is C14H21NS. The molecule has 2 rings (SSSR count). The van der Waals surface area contributed by atoms with Gasteiger partial charge in [-0.25, -0.2) is 0 Å². The highest BCUT2D eigenvalue weighted by molar-refractivity contribution is 7.99. The van der Waals surface area contributed by atoms with E-state index >= 15 is 0 Å². The van der Waals surface area contributed by atoms with Gasteiger partial charge in [0.25, 0.3) is 0 Å². The molecule has 1 fully saturated rings. The van der Waals surface area contributed by atoms with E-state index in [-0.39, 0.29) is 0 Å².